The first-order chi connectivity index (χ1) is 12.1. The monoisotopic (exact) mass is 448 g/mol. The van der Waals surface area contributed by atoms with E-state index in [0.717, 1.165) is 0 Å². The molecule has 26 heavy (non-hydrogen) atoms. The fraction of sp³-hybridized carbons (Fsp3) is 0.176. The third-order valence-electron chi connectivity index (χ3n) is 3.24. The van der Waals surface area contributed by atoms with Crippen molar-refractivity contribution in [3.8, 4) is 0 Å². The fourth-order valence-electron chi connectivity index (χ4n) is 2.02. The van der Waals surface area contributed by atoms with E-state index in [1.165, 1.54) is 0 Å². The van der Waals surface area contributed by atoms with Gasteiger partial charge in [0.1, 0.15) is 6.54 Å². The number of halogens is 5. The van der Waals surface area contributed by atoms with Gasteiger partial charge in [0.2, 0.25) is 5.91 Å². The number of benzene rings is 2. The summed E-state index contributed by atoms with van der Waals surface area (Å²) < 4.78 is 36.9. The Labute approximate surface area is 160 Å². The maximum absolute atomic E-state index is 12.2. The summed E-state index contributed by atoms with van der Waals surface area (Å²) in [6, 6.07) is 11.1. The lowest BCUT2D eigenvalue weighted by Crippen LogP contribution is -2.34. The van der Waals surface area contributed by atoms with Gasteiger partial charge in [0.25, 0.3) is 5.91 Å². The second-order valence-corrected chi connectivity index (χ2v) is 6.67. The summed E-state index contributed by atoms with van der Waals surface area (Å²) >= 11 is 9.26. The van der Waals surface area contributed by atoms with Gasteiger partial charge in [-0.05, 0) is 35.9 Å². The number of nitrogens with one attached hydrogen (secondary N) is 2. The Kier molecular flexibility index (Phi) is 6.66. The van der Waals surface area contributed by atoms with Crippen molar-refractivity contribution in [3.63, 3.8) is 0 Å². The number of alkyl halides is 3. The molecule has 0 atom stereocenters. The lowest BCUT2D eigenvalue weighted by atomic mass is 10.1. The van der Waals surface area contributed by atoms with E-state index >= 15 is 0 Å². The summed E-state index contributed by atoms with van der Waals surface area (Å²) in [7, 11) is 0. The third-order valence-corrected chi connectivity index (χ3v) is 4.06. The number of carbonyl (C=O) groups is 2. The third kappa shape index (κ3) is 6.34. The van der Waals surface area contributed by atoms with E-state index in [0.29, 0.717) is 20.7 Å². The first kappa shape index (κ1) is 20.3. The smallest absolute Gasteiger partial charge is 0.347 e. The van der Waals surface area contributed by atoms with Gasteiger partial charge in [-0.2, -0.15) is 13.2 Å². The van der Waals surface area contributed by atoms with E-state index in [-0.39, 0.29) is 12.0 Å². The van der Waals surface area contributed by atoms with Crippen LogP contribution in [0, 0.1) is 0 Å². The Morgan fingerprint density at radius 3 is 2.35 bits per heavy atom. The van der Waals surface area contributed by atoms with Crippen LogP contribution in [0.1, 0.15) is 15.9 Å². The molecule has 0 spiro atoms. The number of amides is 2. The van der Waals surface area contributed by atoms with E-state index < -0.39 is 24.5 Å². The van der Waals surface area contributed by atoms with Crippen molar-refractivity contribution >= 4 is 45.0 Å². The highest BCUT2D eigenvalue weighted by Gasteiger charge is 2.27. The predicted octanol–water partition coefficient (Wildman–Crippen LogP) is 4.58. The molecule has 0 heterocycles. The summed E-state index contributed by atoms with van der Waals surface area (Å²) in [5.74, 6) is -1.15. The summed E-state index contributed by atoms with van der Waals surface area (Å²) in [5, 5.41) is 4.75. The molecule has 2 rings (SSSR count). The van der Waals surface area contributed by atoms with Gasteiger partial charge in [0.15, 0.2) is 0 Å². The molecule has 0 aliphatic heterocycles. The van der Waals surface area contributed by atoms with Crippen LogP contribution in [0.5, 0.6) is 0 Å². The van der Waals surface area contributed by atoms with Crippen LogP contribution in [0.2, 0.25) is 5.02 Å². The highest BCUT2D eigenvalue weighted by Crippen LogP contribution is 2.22. The van der Waals surface area contributed by atoms with Crippen molar-refractivity contribution in [3.05, 3.63) is 63.1 Å². The van der Waals surface area contributed by atoms with Gasteiger partial charge < -0.3 is 10.6 Å². The molecule has 0 aliphatic rings. The molecular weight excluding hydrogens is 437 g/mol. The quantitative estimate of drug-likeness (QED) is 0.702. The van der Waals surface area contributed by atoms with Gasteiger partial charge in [-0.3, -0.25) is 9.59 Å². The Balaban J connectivity index is 1.96. The minimum absolute atomic E-state index is 0.193. The van der Waals surface area contributed by atoms with Crippen molar-refractivity contribution in [1.82, 2.24) is 5.32 Å². The van der Waals surface area contributed by atoms with Crippen molar-refractivity contribution in [2.45, 2.75) is 12.6 Å². The minimum atomic E-state index is -4.45. The predicted molar refractivity (Wildman–Crippen MR) is 96.3 cm³/mol. The molecule has 0 bridgehead atoms. The molecular formula is C17H13BrClF3N2O2. The zero-order valence-electron chi connectivity index (χ0n) is 13.2. The van der Waals surface area contributed by atoms with Crippen LogP contribution in [-0.2, 0) is 11.2 Å². The number of rotatable bonds is 5. The normalized spacial score (nSPS) is 11.1. The molecule has 0 saturated carbocycles. The number of hydrogen-bond acceptors (Lipinski definition) is 2. The summed E-state index contributed by atoms with van der Waals surface area (Å²) in [6.45, 7) is -1.37. The first-order valence-electron chi connectivity index (χ1n) is 7.33. The second kappa shape index (κ2) is 8.55. The van der Waals surface area contributed by atoms with E-state index in [9.17, 15) is 22.8 Å². The van der Waals surface area contributed by atoms with E-state index in [4.69, 9.17) is 11.6 Å². The van der Waals surface area contributed by atoms with Crippen LogP contribution in [0.15, 0.2) is 46.9 Å². The van der Waals surface area contributed by atoms with Crippen LogP contribution in [-0.4, -0.2) is 24.5 Å². The Morgan fingerprint density at radius 1 is 1.08 bits per heavy atom. The molecule has 2 N–H and O–H groups in total. The van der Waals surface area contributed by atoms with Crippen molar-refractivity contribution in [1.29, 1.82) is 0 Å². The highest BCUT2D eigenvalue weighted by atomic mass is 79.9. The zero-order chi connectivity index (χ0) is 19.3. The average Bonchev–Trinajstić information content (AvgIpc) is 2.56. The van der Waals surface area contributed by atoms with Crippen molar-refractivity contribution in [2.24, 2.45) is 0 Å². The van der Waals surface area contributed by atoms with Gasteiger partial charge in [-0.1, -0.05) is 39.7 Å². The molecule has 0 unspecified atom stereocenters. The summed E-state index contributed by atoms with van der Waals surface area (Å²) in [5.41, 5.74) is 1.27. The SMILES string of the molecule is O=C(Cc1ccc(NC(=O)c2cc(Br)ccc2Cl)cc1)NCC(F)(F)F. The molecule has 0 aromatic heterocycles. The molecule has 138 valence electrons. The number of carbonyl (C=O) groups excluding carboxylic acids is 2. The minimum Gasteiger partial charge on any atom is -0.347 e. The lowest BCUT2D eigenvalue weighted by Gasteiger charge is -2.10. The maximum atomic E-state index is 12.2. The lowest BCUT2D eigenvalue weighted by molar-refractivity contribution is -0.138. The molecule has 0 fully saturated rings. The maximum Gasteiger partial charge on any atom is 0.405 e. The van der Waals surface area contributed by atoms with Gasteiger partial charge in [-0.25, -0.2) is 0 Å². The number of anilines is 1. The second-order valence-electron chi connectivity index (χ2n) is 5.34. The zero-order valence-corrected chi connectivity index (χ0v) is 15.5. The topological polar surface area (TPSA) is 58.2 Å². The van der Waals surface area contributed by atoms with Gasteiger partial charge in [0.05, 0.1) is 17.0 Å². The van der Waals surface area contributed by atoms with Crippen molar-refractivity contribution < 1.29 is 22.8 Å². The van der Waals surface area contributed by atoms with E-state index in [2.05, 4.69) is 21.2 Å². The highest BCUT2D eigenvalue weighted by molar-refractivity contribution is 9.10. The molecule has 2 amide bonds. The number of hydrogen-bond donors (Lipinski definition) is 2. The Hall–Kier alpha value is -2.06. The van der Waals surface area contributed by atoms with Crippen LogP contribution in [0.25, 0.3) is 0 Å². The van der Waals surface area contributed by atoms with Crippen LogP contribution < -0.4 is 10.6 Å². The first-order valence-corrected chi connectivity index (χ1v) is 8.50. The Morgan fingerprint density at radius 2 is 1.73 bits per heavy atom. The molecule has 9 heteroatoms. The molecule has 2 aromatic rings. The average molecular weight is 450 g/mol. The fourth-order valence-corrected chi connectivity index (χ4v) is 2.59. The van der Waals surface area contributed by atoms with Crippen molar-refractivity contribution in [2.75, 3.05) is 11.9 Å². The van der Waals surface area contributed by atoms with Crippen LogP contribution in [0.3, 0.4) is 0 Å². The van der Waals surface area contributed by atoms with Gasteiger partial charge in [0, 0.05) is 10.2 Å². The Bertz CT molecular complexity index is 811. The summed E-state index contributed by atoms with van der Waals surface area (Å²) in [6.07, 6.45) is -4.64. The summed E-state index contributed by atoms with van der Waals surface area (Å²) in [4.78, 5) is 23.7. The van der Waals surface area contributed by atoms with Gasteiger partial charge in [-0.15, -0.1) is 0 Å². The van der Waals surface area contributed by atoms with E-state index in [1.807, 2.05) is 0 Å². The molecule has 4 nitrogen and oxygen atoms in total. The standard InChI is InChI=1S/C17H13BrClF3N2O2/c18-11-3-6-14(19)13(8-11)16(26)24-12-4-1-10(2-5-12)7-15(25)23-9-17(20,21)22/h1-6,8H,7,9H2,(H,23,25)(H,24,26). The van der Waals surface area contributed by atoms with Crippen LogP contribution >= 0.6 is 27.5 Å². The molecule has 0 radical (unpaired) electrons. The van der Waals surface area contributed by atoms with Gasteiger partial charge >= 0.3 is 6.18 Å². The largest absolute Gasteiger partial charge is 0.405 e. The molecule has 0 aliphatic carbocycles. The molecule has 0 saturated heterocycles. The molecule has 2 aromatic carbocycles. The van der Waals surface area contributed by atoms with E-state index in [1.54, 1.807) is 47.8 Å². The van der Waals surface area contributed by atoms with Crippen LogP contribution in [0.4, 0.5) is 18.9 Å².